The summed E-state index contributed by atoms with van der Waals surface area (Å²) in [5.74, 6) is -1.12. The van der Waals surface area contributed by atoms with E-state index in [1.54, 1.807) is 12.1 Å². The molecule has 2 aromatic rings. The van der Waals surface area contributed by atoms with Crippen LogP contribution < -0.4 is 15.0 Å². The van der Waals surface area contributed by atoms with Crippen LogP contribution in [-0.4, -0.2) is 30.5 Å². The molecule has 1 saturated heterocycles. The fraction of sp³-hybridized carbons (Fsp3) is 0.211. The van der Waals surface area contributed by atoms with Crippen molar-refractivity contribution in [3.05, 3.63) is 54.1 Å². The fourth-order valence-electron chi connectivity index (χ4n) is 2.65. The van der Waals surface area contributed by atoms with Gasteiger partial charge in [0.05, 0.1) is 5.69 Å². The van der Waals surface area contributed by atoms with Crippen molar-refractivity contribution in [2.24, 2.45) is 0 Å². The number of anilines is 2. The summed E-state index contributed by atoms with van der Waals surface area (Å²) in [6.45, 7) is -1.40. The van der Waals surface area contributed by atoms with E-state index >= 15 is 0 Å². The number of halogens is 3. The van der Waals surface area contributed by atoms with Crippen LogP contribution in [0.2, 0.25) is 0 Å². The highest BCUT2D eigenvalue weighted by Gasteiger charge is 2.30. The highest BCUT2D eigenvalue weighted by molar-refractivity contribution is 6.20. The van der Waals surface area contributed by atoms with E-state index in [2.05, 4.69) is 10.1 Å². The molecule has 0 radical (unpaired) electrons. The van der Waals surface area contributed by atoms with Gasteiger partial charge in [-0.3, -0.25) is 19.3 Å². The predicted octanol–water partition coefficient (Wildman–Crippen LogP) is 3.53. The maximum atomic E-state index is 12.4. The van der Waals surface area contributed by atoms with Crippen LogP contribution in [0.5, 0.6) is 5.75 Å². The first-order valence-corrected chi connectivity index (χ1v) is 8.30. The van der Waals surface area contributed by atoms with Gasteiger partial charge < -0.3 is 10.1 Å². The minimum absolute atomic E-state index is 0.0170. The molecule has 2 aromatic carbocycles. The van der Waals surface area contributed by atoms with Crippen molar-refractivity contribution < 1.29 is 32.3 Å². The lowest BCUT2D eigenvalue weighted by molar-refractivity contribution is -0.153. The fourth-order valence-corrected chi connectivity index (χ4v) is 2.65. The number of hydrogen-bond acceptors (Lipinski definition) is 4. The second-order valence-corrected chi connectivity index (χ2v) is 6.06. The Balaban J connectivity index is 1.67. The average Bonchev–Trinajstić information content (AvgIpc) is 2.99. The van der Waals surface area contributed by atoms with E-state index in [0.29, 0.717) is 11.4 Å². The molecule has 0 atom stereocenters. The molecule has 1 fully saturated rings. The molecule has 1 aliphatic heterocycles. The van der Waals surface area contributed by atoms with Gasteiger partial charge in [0.15, 0.2) is 6.61 Å². The van der Waals surface area contributed by atoms with E-state index < -0.39 is 18.7 Å². The third-order valence-corrected chi connectivity index (χ3v) is 3.93. The monoisotopic (exact) mass is 392 g/mol. The Labute approximate surface area is 157 Å². The lowest BCUT2D eigenvalue weighted by Crippen LogP contribution is -2.28. The Morgan fingerprint density at radius 3 is 2.29 bits per heavy atom. The molecule has 3 rings (SSSR count). The van der Waals surface area contributed by atoms with E-state index in [1.165, 1.54) is 36.4 Å². The molecule has 1 heterocycles. The Bertz CT molecular complexity index is 894. The number of alkyl halides is 3. The van der Waals surface area contributed by atoms with Gasteiger partial charge >= 0.3 is 6.18 Å². The molecule has 6 nitrogen and oxygen atoms in total. The van der Waals surface area contributed by atoms with Gasteiger partial charge in [-0.1, -0.05) is 6.07 Å². The van der Waals surface area contributed by atoms with Crippen LogP contribution in [0.15, 0.2) is 48.5 Å². The zero-order valence-corrected chi connectivity index (χ0v) is 14.5. The third kappa shape index (κ3) is 4.67. The van der Waals surface area contributed by atoms with E-state index in [-0.39, 0.29) is 36.0 Å². The van der Waals surface area contributed by atoms with Crippen LogP contribution in [0.25, 0.3) is 0 Å². The van der Waals surface area contributed by atoms with Crippen molar-refractivity contribution in [1.82, 2.24) is 0 Å². The molecule has 1 N–H and O–H groups in total. The molecular formula is C19H15F3N2O4. The standard InChI is InChI=1S/C19H15F3N2O4/c20-19(21,22)11-28-15-6-4-13(5-7-15)23-18(27)12-2-1-3-14(10-12)24-16(25)8-9-17(24)26/h1-7,10H,8-9,11H2,(H,23,27). The van der Waals surface area contributed by atoms with Gasteiger partial charge in [-0.15, -0.1) is 0 Å². The number of nitrogens with zero attached hydrogens (tertiary/aromatic N) is 1. The summed E-state index contributed by atoms with van der Waals surface area (Å²) in [6.07, 6.45) is -4.16. The minimum atomic E-state index is -4.43. The number of rotatable bonds is 5. The largest absolute Gasteiger partial charge is 0.484 e. The normalized spacial score (nSPS) is 14.3. The van der Waals surface area contributed by atoms with Gasteiger partial charge in [0.2, 0.25) is 11.8 Å². The zero-order valence-electron chi connectivity index (χ0n) is 14.5. The van der Waals surface area contributed by atoms with Crippen molar-refractivity contribution >= 4 is 29.1 Å². The molecule has 0 bridgehead atoms. The molecule has 9 heteroatoms. The first-order chi connectivity index (χ1) is 13.2. The first-order valence-electron chi connectivity index (χ1n) is 8.30. The first kappa shape index (κ1) is 19.4. The summed E-state index contributed by atoms with van der Waals surface area (Å²) in [6, 6.07) is 11.5. The van der Waals surface area contributed by atoms with Crippen molar-refractivity contribution in [2.45, 2.75) is 19.0 Å². The smallest absolute Gasteiger partial charge is 0.422 e. The highest BCUT2D eigenvalue weighted by atomic mass is 19.4. The summed E-state index contributed by atoms with van der Waals surface area (Å²) < 4.78 is 41.0. The van der Waals surface area contributed by atoms with E-state index in [9.17, 15) is 27.6 Å². The Morgan fingerprint density at radius 2 is 1.68 bits per heavy atom. The zero-order chi connectivity index (χ0) is 20.3. The maximum absolute atomic E-state index is 12.4. The van der Waals surface area contributed by atoms with Gasteiger partial charge in [0.25, 0.3) is 5.91 Å². The van der Waals surface area contributed by atoms with Crippen LogP contribution in [0, 0.1) is 0 Å². The lowest BCUT2D eigenvalue weighted by Gasteiger charge is -2.15. The summed E-state index contributed by atoms with van der Waals surface area (Å²) in [4.78, 5) is 37.1. The van der Waals surface area contributed by atoms with E-state index in [4.69, 9.17) is 0 Å². The van der Waals surface area contributed by atoms with Gasteiger partial charge in [0, 0.05) is 24.1 Å². The average molecular weight is 392 g/mol. The van der Waals surface area contributed by atoms with Crippen LogP contribution in [0.4, 0.5) is 24.5 Å². The lowest BCUT2D eigenvalue weighted by atomic mass is 10.1. The maximum Gasteiger partial charge on any atom is 0.422 e. The number of imide groups is 1. The summed E-state index contributed by atoms with van der Waals surface area (Å²) in [7, 11) is 0. The minimum Gasteiger partial charge on any atom is -0.484 e. The SMILES string of the molecule is O=C(Nc1ccc(OCC(F)(F)F)cc1)c1cccc(N2C(=O)CCC2=O)c1. The number of amides is 3. The summed E-state index contributed by atoms with van der Waals surface area (Å²) in [5.41, 5.74) is 0.890. The summed E-state index contributed by atoms with van der Waals surface area (Å²) in [5, 5.41) is 2.59. The number of hydrogen-bond donors (Lipinski definition) is 1. The van der Waals surface area contributed by atoms with Crippen molar-refractivity contribution in [3.63, 3.8) is 0 Å². The molecule has 0 spiro atoms. The Hall–Kier alpha value is -3.36. The van der Waals surface area contributed by atoms with Gasteiger partial charge in [-0.05, 0) is 42.5 Å². The molecule has 0 unspecified atom stereocenters. The van der Waals surface area contributed by atoms with Gasteiger partial charge in [-0.2, -0.15) is 13.2 Å². The summed E-state index contributed by atoms with van der Waals surface area (Å²) >= 11 is 0. The van der Waals surface area contributed by atoms with E-state index in [1.807, 2.05) is 0 Å². The number of benzene rings is 2. The van der Waals surface area contributed by atoms with Gasteiger partial charge in [-0.25, -0.2) is 0 Å². The number of ether oxygens (including phenoxy) is 1. The van der Waals surface area contributed by atoms with Crippen LogP contribution in [0.3, 0.4) is 0 Å². The topological polar surface area (TPSA) is 75.7 Å². The molecule has 3 amide bonds. The molecule has 28 heavy (non-hydrogen) atoms. The molecular weight excluding hydrogens is 377 g/mol. The van der Waals surface area contributed by atoms with Crippen LogP contribution >= 0.6 is 0 Å². The van der Waals surface area contributed by atoms with Crippen LogP contribution in [-0.2, 0) is 9.59 Å². The molecule has 146 valence electrons. The van der Waals surface area contributed by atoms with Crippen molar-refractivity contribution in [2.75, 3.05) is 16.8 Å². The molecule has 0 saturated carbocycles. The Kier molecular flexibility index (Phi) is 5.34. The molecule has 1 aliphatic rings. The Morgan fingerprint density at radius 1 is 1.04 bits per heavy atom. The third-order valence-electron chi connectivity index (χ3n) is 3.93. The van der Waals surface area contributed by atoms with Crippen molar-refractivity contribution in [1.29, 1.82) is 0 Å². The number of carbonyl (C=O) groups is 3. The van der Waals surface area contributed by atoms with Crippen molar-refractivity contribution in [3.8, 4) is 5.75 Å². The predicted molar refractivity (Wildman–Crippen MR) is 94.1 cm³/mol. The van der Waals surface area contributed by atoms with Gasteiger partial charge in [0.1, 0.15) is 5.75 Å². The molecule has 0 aromatic heterocycles. The van der Waals surface area contributed by atoms with E-state index in [0.717, 1.165) is 4.90 Å². The van der Waals surface area contributed by atoms with Crippen LogP contribution in [0.1, 0.15) is 23.2 Å². The highest BCUT2D eigenvalue weighted by Crippen LogP contribution is 2.24. The quantitative estimate of drug-likeness (QED) is 0.790. The second kappa shape index (κ2) is 7.71. The molecule has 0 aliphatic carbocycles. The number of nitrogens with one attached hydrogen (secondary N) is 1. The second-order valence-electron chi connectivity index (χ2n) is 6.06. The number of carbonyl (C=O) groups excluding carboxylic acids is 3.